The van der Waals surface area contributed by atoms with Crippen LogP contribution in [0.25, 0.3) is 0 Å². The fourth-order valence-corrected chi connectivity index (χ4v) is 2.56. The summed E-state index contributed by atoms with van der Waals surface area (Å²) in [6.07, 6.45) is 2.48. The van der Waals surface area contributed by atoms with Crippen molar-refractivity contribution in [2.45, 2.75) is 18.8 Å². The number of carbonyl (C=O) groups excluding carboxylic acids is 1. The Kier molecular flexibility index (Phi) is 2.94. The maximum Gasteiger partial charge on any atom is 0.273 e. The molecule has 2 heterocycles. The van der Waals surface area contributed by atoms with Gasteiger partial charge in [-0.05, 0) is 24.1 Å². The van der Waals surface area contributed by atoms with Crippen molar-refractivity contribution in [2.75, 3.05) is 4.90 Å². The number of rotatable bonds is 2. The van der Waals surface area contributed by atoms with Gasteiger partial charge in [0.15, 0.2) is 11.3 Å². The van der Waals surface area contributed by atoms with E-state index in [1.807, 2.05) is 17.0 Å². The summed E-state index contributed by atoms with van der Waals surface area (Å²) >= 11 is 4.43. The van der Waals surface area contributed by atoms with Gasteiger partial charge in [0.05, 0.1) is 6.33 Å². The van der Waals surface area contributed by atoms with E-state index in [4.69, 9.17) is 0 Å². The fourth-order valence-electron chi connectivity index (χ4n) is 2.20. The first kappa shape index (κ1) is 12.1. The number of thiol groups is 1. The highest BCUT2D eigenvalue weighted by atomic mass is 32.1. The summed E-state index contributed by atoms with van der Waals surface area (Å²) in [6, 6.07) is 8.14. The predicted molar refractivity (Wildman–Crippen MR) is 76.8 cm³/mol. The first-order valence-corrected chi connectivity index (χ1v) is 6.63. The maximum absolute atomic E-state index is 11.8. The minimum absolute atomic E-state index is 0.185. The minimum Gasteiger partial charge on any atom is -0.339 e. The van der Waals surface area contributed by atoms with Crippen molar-refractivity contribution in [3.63, 3.8) is 0 Å². The van der Waals surface area contributed by atoms with Gasteiger partial charge in [-0.3, -0.25) is 9.69 Å². The van der Waals surface area contributed by atoms with Crippen LogP contribution in [0, 0.1) is 0 Å². The Morgan fingerprint density at radius 3 is 3.11 bits per heavy atom. The molecule has 1 atom stereocenters. The van der Waals surface area contributed by atoms with Gasteiger partial charge < -0.3 is 10.3 Å². The Balaban J connectivity index is 2.09. The first-order valence-electron chi connectivity index (χ1n) is 6.11. The number of aryl methyl sites for hydroxylation is 1. The van der Waals surface area contributed by atoms with Crippen molar-refractivity contribution in [1.82, 2.24) is 15.3 Å². The van der Waals surface area contributed by atoms with Gasteiger partial charge >= 0.3 is 0 Å². The van der Waals surface area contributed by atoms with Crippen LogP contribution < -0.4 is 10.2 Å². The first-order chi connectivity index (χ1) is 9.20. The molecule has 5 nitrogen and oxygen atoms in total. The molecular weight excluding hydrogens is 260 g/mol. The summed E-state index contributed by atoms with van der Waals surface area (Å²) < 4.78 is 0. The van der Waals surface area contributed by atoms with Gasteiger partial charge in [0, 0.05) is 5.69 Å². The van der Waals surface area contributed by atoms with Gasteiger partial charge in [-0.1, -0.05) is 19.1 Å². The maximum atomic E-state index is 11.8. The molecule has 1 aromatic carbocycles. The third-order valence-electron chi connectivity index (χ3n) is 3.18. The lowest BCUT2D eigenvalue weighted by Gasteiger charge is -2.33. The van der Waals surface area contributed by atoms with Gasteiger partial charge in [0.1, 0.15) is 5.69 Å². The number of aromatic amines is 1. The van der Waals surface area contributed by atoms with Crippen molar-refractivity contribution < 1.29 is 4.79 Å². The van der Waals surface area contributed by atoms with Crippen LogP contribution in [-0.4, -0.2) is 21.4 Å². The van der Waals surface area contributed by atoms with Crippen LogP contribution in [0.2, 0.25) is 0 Å². The van der Waals surface area contributed by atoms with Crippen LogP contribution >= 0.6 is 12.6 Å². The third kappa shape index (κ3) is 1.98. The second kappa shape index (κ2) is 4.62. The second-order valence-corrected chi connectivity index (χ2v) is 4.83. The number of nitrogens with one attached hydrogen (secondary N) is 2. The van der Waals surface area contributed by atoms with E-state index in [9.17, 15) is 4.79 Å². The molecule has 0 spiro atoms. The highest BCUT2D eigenvalue weighted by Crippen LogP contribution is 2.32. The summed E-state index contributed by atoms with van der Waals surface area (Å²) in [5.41, 5.74) is 2.24. The van der Waals surface area contributed by atoms with E-state index < -0.39 is 5.50 Å². The van der Waals surface area contributed by atoms with Gasteiger partial charge in [-0.2, -0.15) is 0 Å². The molecule has 0 aliphatic carbocycles. The van der Waals surface area contributed by atoms with Gasteiger partial charge in [-0.25, -0.2) is 4.98 Å². The average molecular weight is 274 g/mol. The van der Waals surface area contributed by atoms with Crippen molar-refractivity contribution in [3.05, 3.63) is 41.9 Å². The van der Waals surface area contributed by atoms with Crippen molar-refractivity contribution in [1.29, 1.82) is 0 Å². The normalized spacial score (nSPS) is 18.1. The third-order valence-corrected chi connectivity index (χ3v) is 3.54. The molecule has 0 bridgehead atoms. The zero-order valence-corrected chi connectivity index (χ0v) is 11.3. The molecular formula is C13H14N4OS. The standard InChI is InChI=1S/C13H14N4OS/c1-2-8-4-3-5-9(6-8)17-11-10(14-7-15-11)12(18)16-13(17)19/h3-7,13,19H,2H2,1H3,(H,14,15)(H,16,18). The van der Waals surface area contributed by atoms with Crippen molar-refractivity contribution >= 4 is 30.0 Å². The van der Waals surface area contributed by atoms with Crippen LogP contribution in [0.15, 0.2) is 30.6 Å². The Labute approximate surface area is 116 Å². The number of H-pyrrole nitrogens is 1. The predicted octanol–water partition coefficient (Wildman–Crippen LogP) is 2.07. The highest BCUT2D eigenvalue weighted by Gasteiger charge is 2.32. The highest BCUT2D eigenvalue weighted by molar-refractivity contribution is 7.81. The summed E-state index contributed by atoms with van der Waals surface area (Å²) in [5.74, 6) is 0.424. The molecule has 0 saturated carbocycles. The molecule has 6 heteroatoms. The summed E-state index contributed by atoms with van der Waals surface area (Å²) in [4.78, 5) is 20.8. The van der Waals surface area contributed by atoms with E-state index in [1.54, 1.807) is 0 Å². The number of anilines is 2. The number of aromatic nitrogens is 2. The van der Waals surface area contributed by atoms with Crippen molar-refractivity contribution in [2.24, 2.45) is 0 Å². The van der Waals surface area contributed by atoms with Crippen LogP contribution in [0.1, 0.15) is 23.0 Å². The Morgan fingerprint density at radius 2 is 2.32 bits per heavy atom. The molecule has 2 aromatic rings. The molecule has 19 heavy (non-hydrogen) atoms. The number of hydrogen-bond acceptors (Lipinski definition) is 4. The molecule has 0 fully saturated rings. The van der Waals surface area contributed by atoms with E-state index in [2.05, 4.69) is 47.0 Å². The molecule has 1 unspecified atom stereocenters. The number of nitrogens with zero attached hydrogens (tertiary/aromatic N) is 2. The summed E-state index contributed by atoms with van der Waals surface area (Å²) in [5, 5.41) is 2.79. The molecule has 98 valence electrons. The molecule has 1 amide bonds. The lowest BCUT2D eigenvalue weighted by molar-refractivity contribution is 0.0940. The zero-order valence-electron chi connectivity index (χ0n) is 10.4. The second-order valence-electron chi connectivity index (χ2n) is 4.34. The number of fused-ring (bicyclic) bond motifs is 1. The van der Waals surface area contributed by atoms with E-state index >= 15 is 0 Å². The number of amides is 1. The lowest BCUT2D eigenvalue weighted by atomic mass is 10.1. The molecule has 2 N–H and O–H groups in total. The van der Waals surface area contributed by atoms with Gasteiger partial charge in [0.2, 0.25) is 0 Å². The molecule has 0 saturated heterocycles. The van der Waals surface area contributed by atoms with Crippen molar-refractivity contribution in [3.8, 4) is 0 Å². The Hall–Kier alpha value is -1.95. The number of hydrogen-bond donors (Lipinski definition) is 3. The average Bonchev–Trinajstić information content (AvgIpc) is 2.88. The van der Waals surface area contributed by atoms with E-state index in [0.717, 1.165) is 12.1 Å². The van der Waals surface area contributed by atoms with E-state index in [0.29, 0.717) is 11.5 Å². The van der Waals surface area contributed by atoms with E-state index in [-0.39, 0.29) is 5.91 Å². The number of carbonyl (C=O) groups is 1. The Morgan fingerprint density at radius 1 is 1.47 bits per heavy atom. The molecule has 1 aliphatic rings. The summed E-state index contributed by atoms with van der Waals surface area (Å²) in [6.45, 7) is 2.11. The SMILES string of the molecule is CCc1cccc(N2c3nc[nH]c3C(=O)NC2S)c1. The molecule has 1 aromatic heterocycles. The fraction of sp³-hybridized carbons (Fsp3) is 0.231. The quantitative estimate of drug-likeness (QED) is 0.735. The number of imidazole rings is 1. The van der Waals surface area contributed by atoms with Gasteiger partial charge in [-0.15, -0.1) is 12.6 Å². The monoisotopic (exact) mass is 274 g/mol. The number of benzene rings is 1. The molecule has 0 radical (unpaired) electrons. The Bertz CT molecular complexity index is 625. The smallest absolute Gasteiger partial charge is 0.273 e. The topological polar surface area (TPSA) is 61.0 Å². The van der Waals surface area contributed by atoms with E-state index in [1.165, 1.54) is 11.9 Å². The van der Waals surface area contributed by atoms with Crippen LogP contribution in [0.4, 0.5) is 11.5 Å². The minimum atomic E-state index is -0.421. The molecule has 1 aliphatic heterocycles. The van der Waals surface area contributed by atoms with Crippen LogP contribution in [0.3, 0.4) is 0 Å². The summed E-state index contributed by atoms with van der Waals surface area (Å²) in [7, 11) is 0. The zero-order chi connectivity index (χ0) is 13.4. The van der Waals surface area contributed by atoms with Crippen LogP contribution in [-0.2, 0) is 6.42 Å². The lowest BCUT2D eigenvalue weighted by Crippen LogP contribution is -2.47. The molecule has 3 rings (SSSR count). The van der Waals surface area contributed by atoms with Crippen LogP contribution in [0.5, 0.6) is 0 Å². The van der Waals surface area contributed by atoms with Gasteiger partial charge in [0.25, 0.3) is 5.91 Å². The largest absolute Gasteiger partial charge is 0.339 e.